The summed E-state index contributed by atoms with van der Waals surface area (Å²) in [5.74, 6) is 0.125. The van der Waals surface area contributed by atoms with E-state index in [9.17, 15) is 4.79 Å². The van der Waals surface area contributed by atoms with Gasteiger partial charge in [0.25, 0.3) is 0 Å². The number of ketones is 1. The standard InChI is InChI=1S/C14H14O/c1-2-11-7-9-13(10-8-11)14(15)12-5-3-4-6-12/h3-10,12H,2H2,1H3. The Hall–Kier alpha value is -1.63. The van der Waals surface area contributed by atoms with Crippen molar-refractivity contribution in [1.29, 1.82) is 0 Å². The molecule has 1 aromatic carbocycles. The van der Waals surface area contributed by atoms with Crippen LogP contribution in [0.15, 0.2) is 48.6 Å². The van der Waals surface area contributed by atoms with E-state index >= 15 is 0 Å². The number of benzene rings is 1. The molecular formula is C14H14O. The van der Waals surface area contributed by atoms with Gasteiger partial charge in [-0.15, -0.1) is 0 Å². The second-order valence-electron chi connectivity index (χ2n) is 3.71. The predicted octanol–water partition coefficient (Wildman–Crippen LogP) is 3.17. The number of Topliss-reactive ketones (excluding diaryl/α,β-unsaturated/α-hetero) is 1. The van der Waals surface area contributed by atoms with E-state index in [4.69, 9.17) is 0 Å². The van der Waals surface area contributed by atoms with Gasteiger partial charge in [-0.1, -0.05) is 55.5 Å². The highest BCUT2D eigenvalue weighted by Gasteiger charge is 2.15. The zero-order valence-corrected chi connectivity index (χ0v) is 8.81. The zero-order valence-electron chi connectivity index (χ0n) is 8.81. The van der Waals surface area contributed by atoms with Crippen molar-refractivity contribution in [1.82, 2.24) is 0 Å². The van der Waals surface area contributed by atoms with Crippen molar-refractivity contribution < 1.29 is 4.79 Å². The lowest BCUT2D eigenvalue weighted by molar-refractivity contribution is 0.0966. The quantitative estimate of drug-likeness (QED) is 0.682. The molecule has 15 heavy (non-hydrogen) atoms. The van der Waals surface area contributed by atoms with E-state index in [1.54, 1.807) is 0 Å². The topological polar surface area (TPSA) is 17.1 Å². The Morgan fingerprint density at radius 2 is 1.73 bits per heavy atom. The molecule has 0 aliphatic heterocycles. The fraction of sp³-hybridized carbons (Fsp3) is 0.214. The Balaban J connectivity index is 2.18. The van der Waals surface area contributed by atoms with Crippen molar-refractivity contribution in [2.24, 2.45) is 5.92 Å². The van der Waals surface area contributed by atoms with Crippen LogP contribution in [0, 0.1) is 5.92 Å². The van der Waals surface area contributed by atoms with E-state index in [-0.39, 0.29) is 11.7 Å². The van der Waals surface area contributed by atoms with Crippen LogP contribution >= 0.6 is 0 Å². The number of carbonyl (C=O) groups excluding carboxylic acids is 1. The minimum absolute atomic E-state index is 0.0579. The van der Waals surface area contributed by atoms with E-state index in [0.29, 0.717) is 0 Å². The minimum Gasteiger partial charge on any atom is -0.293 e. The molecule has 1 heteroatoms. The maximum absolute atomic E-state index is 11.9. The van der Waals surface area contributed by atoms with Gasteiger partial charge in [0, 0.05) is 5.56 Å². The SMILES string of the molecule is CCc1ccc(C(=O)C2C=CC=C2)cc1. The molecule has 0 saturated heterocycles. The molecule has 0 aromatic heterocycles. The number of rotatable bonds is 3. The Labute approximate surface area is 90.1 Å². The smallest absolute Gasteiger partial charge is 0.173 e. The van der Waals surface area contributed by atoms with E-state index < -0.39 is 0 Å². The van der Waals surface area contributed by atoms with Gasteiger partial charge >= 0.3 is 0 Å². The van der Waals surface area contributed by atoms with Crippen molar-refractivity contribution in [3.63, 3.8) is 0 Å². The molecule has 0 unspecified atom stereocenters. The van der Waals surface area contributed by atoms with Crippen molar-refractivity contribution in [2.45, 2.75) is 13.3 Å². The molecule has 0 saturated carbocycles. The summed E-state index contributed by atoms with van der Waals surface area (Å²) in [5, 5.41) is 0. The van der Waals surface area contributed by atoms with Crippen molar-refractivity contribution >= 4 is 5.78 Å². The van der Waals surface area contributed by atoms with Crippen LogP contribution in [-0.4, -0.2) is 5.78 Å². The Bertz CT molecular complexity index is 397. The Morgan fingerprint density at radius 3 is 2.27 bits per heavy atom. The summed E-state index contributed by atoms with van der Waals surface area (Å²) >= 11 is 0. The van der Waals surface area contributed by atoms with Gasteiger partial charge in [-0.25, -0.2) is 0 Å². The molecular weight excluding hydrogens is 184 g/mol. The Morgan fingerprint density at radius 1 is 1.13 bits per heavy atom. The largest absolute Gasteiger partial charge is 0.293 e. The van der Waals surface area contributed by atoms with Crippen LogP contribution in [0.3, 0.4) is 0 Å². The highest BCUT2D eigenvalue weighted by atomic mass is 16.1. The third-order valence-electron chi connectivity index (χ3n) is 2.70. The van der Waals surface area contributed by atoms with E-state index in [0.717, 1.165) is 12.0 Å². The van der Waals surface area contributed by atoms with Crippen LogP contribution in [0.1, 0.15) is 22.8 Å². The third-order valence-corrected chi connectivity index (χ3v) is 2.70. The lowest BCUT2D eigenvalue weighted by atomic mass is 9.98. The average Bonchev–Trinajstić information content (AvgIpc) is 2.82. The van der Waals surface area contributed by atoms with Crippen LogP contribution < -0.4 is 0 Å². The van der Waals surface area contributed by atoms with Gasteiger partial charge in [0.05, 0.1) is 5.92 Å². The summed E-state index contributed by atoms with van der Waals surface area (Å²) in [4.78, 5) is 11.9. The van der Waals surface area contributed by atoms with Gasteiger partial charge in [0.15, 0.2) is 5.78 Å². The lowest BCUT2D eigenvalue weighted by Crippen LogP contribution is -2.08. The first-order valence-corrected chi connectivity index (χ1v) is 5.29. The van der Waals surface area contributed by atoms with E-state index in [1.165, 1.54) is 5.56 Å². The normalized spacial score (nSPS) is 14.7. The lowest BCUT2D eigenvalue weighted by Gasteiger charge is -2.05. The molecule has 0 spiro atoms. The summed E-state index contributed by atoms with van der Waals surface area (Å²) < 4.78 is 0. The monoisotopic (exact) mass is 198 g/mol. The zero-order chi connectivity index (χ0) is 10.7. The maximum atomic E-state index is 11.9. The van der Waals surface area contributed by atoms with Crippen LogP contribution in [0.5, 0.6) is 0 Å². The van der Waals surface area contributed by atoms with Crippen LogP contribution in [0.2, 0.25) is 0 Å². The molecule has 1 aliphatic rings. The first-order valence-electron chi connectivity index (χ1n) is 5.29. The predicted molar refractivity (Wildman–Crippen MR) is 61.9 cm³/mol. The molecule has 1 aromatic rings. The number of hydrogen-bond donors (Lipinski definition) is 0. The number of hydrogen-bond acceptors (Lipinski definition) is 1. The average molecular weight is 198 g/mol. The first kappa shape index (κ1) is 9.91. The summed E-state index contributed by atoms with van der Waals surface area (Å²) in [7, 11) is 0. The first-order chi connectivity index (χ1) is 7.31. The second kappa shape index (κ2) is 4.26. The van der Waals surface area contributed by atoms with Gasteiger partial charge in [-0.2, -0.15) is 0 Å². The second-order valence-corrected chi connectivity index (χ2v) is 3.71. The summed E-state index contributed by atoms with van der Waals surface area (Å²) in [6, 6.07) is 7.88. The minimum atomic E-state index is -0.0579. The summed E-state index contributed by atoms with van der Waals surface area (Å²) in [5.41, 5.74) is 2.07. The summed E-state index contributed by atoms with van der Waals surface area (Å²) in [6.45, 7) is 2.11. The van der Waals surface area contributed by atoms with E-state index in [2.05, 4.69) is 6.92 Å². The number of carbonyl (C=O) groups is 1. The molecule has 0 fully saturated rings. The van der Waals surface area contributed by atoms with Gasteiger partial charge in [0.1, 0.15) is 0 Å². The molecule has 0 N–H and O–H groups in total. The molecule has 1 aliphatic carbocycles. The van der Waals surface area contributed by atoms with Gasteiger partial charge in [0.2, 0.25) is 0 Å². The molecule has 1 nitrogen and oxygen atoms in total. The molecule has 0 radical (unpaired) electrons. The van der Waals surface area contributed by atoms with Crippen LogP contribution in [0.4, 0.5) is 0 Å². The Kier molecular flexibility index (Phi) is 2.82. The van der Waals surface area contributed by atoms with Gasteiger partial charge in [-0.3, -0.25) is 4.79 Å². The van der Waals surface area contributed by atoms with Crippen molar-refractivity contribution in [2.75, 3.05) is 0 Å². The van der Waals surface area contributed by atoms with Gasteiger partial charge in [-0.05, 0) is 12.0 Å². The van der Waals surface area contributed by atoms with E-state index in [1.807, 2.05) is 48.6 Å². The molecule has 0 atom stereocenters. The molecule has 0 heterocycles. The van der Waals surface area contributed by atoms with Crippen LogP contribution in [0.25, 0.3) is 0 Å². The summed E-state index contributed by atoms with van der Waals surface area (Å²) in [6.07, 6.45) is 8.70. The maximum Gasteiger partial charge on any atom is 0.173 e. The molecule has 76 valence electrons. The highest BCUT2D eigenvalue weighted by molar-refractivity contribution is 6.00. The third kappa shape index (κ3) is 2.07. The highest BCUT2D eigenvalue weighted by Crippen LogP contribution is 2.16. The molecule has 0 bridgehead atoms. The number of allylic oxidation sites excluding steroid dienone is 4. The fourth-order valence-electron chi connectivity index (χ4n) is 1.70. The number of aryl methyl sites for hydroxylation is 1. The van der Waals surface area contributed by atoms with Crippen molar-refractivity contribution in [3.8, 4) is 0 Å². The van der Waals surface area contributed by atoms with Gasteiger partial charge < -0.3 is 0 Å². The molecule has 2 rings (SSSR count). The fourth-order valence-corrected chi connectivity index (χ4v) is 1.70. The molecule has 0 amide bonds. The van der Waals surface area contributed by atoms with Crippen molar-refractivity contribution in [3.05, 3.63) is 59.7 Å². The van der Waals surface area contributed by atoms with Crippen LogP contribution in [-0.2, 0) is 6.42 Å².